The minimum Gasteiger partial charge on any atom is -0.481 e. The van der Waals surface area contributed by atoms with Gasteiger partial charge in [-0.25, -0.2) is 14.4 Å². The molecule has 2 heterocycles. The number of carboxylic acids is 1. The highest BCUT2D eigenvalue weighted by Gasteiger charge is 2.16. The van der Waals surface area contributed by atoms with Crippen molar-refractivity contribution in [2.24, 2.45) is 5.92 Å². The average Bonchev–Trinajstić information content (AvgIpc) is 3.24. The lowest BCUT2D eigenvalue weighted by molar-refractivity contribution is -0.147. The Labute approximate surface area is 201 Å². The number of ether oxygens (including phenoxy) is 1. The number of nitrogens with zero attached hydrogens (tertiary/aromatic N) is 2. The molecule has 0 bridgehead atoms. The first kappa shape index (κ1) is 25.2. The van der Waals surface area contributed by atoms with Crippen LogP contribution in [0.25, 0.3) is 22.5 Å². The Kier molecular flexibility index (Phi) is 9.03. The summed E-state index contributed by atoms with van der Waals surface area (Å²) in [7, 11) is 0. The molecular formula is C24H27FN4O4S. The lowest BCUT2D eigenvalue weighted by Crippen LogP contribution is -2.09. The number of halogens is 1. The van der Waals surface area contributed by atoms with Gasteiger partial charge in [-0.3, -0.25) is 9.59 Å². The highest BCUT2D eigenvalue weighted by atomic mass is 32.2. The number of anilines is 1. The Morgan fingerprint density at radius 1 is 1.18 bits per heavy atom. The van der Waals surface area contributed by atoms with Crippen molar-refractivity contribution in [3.05, 3.63) is 48.4 Å². The number of rotatable bonds is 12. The molecule has 3 aromatic rings. The minimum absolute atomic E-state index is 0.129. The molecular weight excluding hydrogens is 459 g/mol. The molecule has 3 rings (SSSR count). The van der Waals surface area contributed by atoms with Gasteiger partial charge >= 0.3 is 11.9 Å². The average molecular weight is 487 g/mol. The number of thioether (sulfide) groups is 1. The normalized spacial score (nSPS) is 10.9. The van der Waals surface area contributed by atoms with Crippen molar-refractivity contribution in [2.45, 2.75) is 31.8 Å². The topological polar surface area (TPSA) is 117 Å². The van der Waals surface area contributed by atoms with Crippen molar-refractivity contribution in [2.75, 3.05) is 24.2 Å². The second-order valence-corrected chi connectivity index (χ2v) is 9.02. The molecule has 0 fully saturated rings. The molecule has 0 unspecified atom stereocenters. The van der Waals surface area contributed by atoms with E-state index in [2.05, 4.69) is 29.1 Å². The standard InChI is InChI=1S/C24H27FN4O4S/c1-15(2)14-27-19-13-17(9-10-26-19)23-22(16-3-5-18(25)6-4-16)28-24(29-23)34-12-11-33-21(32)8-7-20(30)31/h3-6,9-10,13,15H,7-8,11-12,14H2,1-2H3,(H,26,27)(H,28,29)(H,30,31). The fraction of sp³-hybridized carbons (Fsp3) is 0.333. The molecule has 0 spiro atoms. The first-order valence-electron chi connectivity index (χ1n) is 10.9. The van der Waals surface area contributed by atoms with Gasteiger partial charge in [-0.2, -0.15) is 0 Å². The Morgan fingerprint density at radius 2 is 1.94 bits per heavy atom. The fourth-order valence-electron chi connectivity index (χ4n) is 3.01. The van der Waals surface area contributed by atoms with Crippen LogP contribution in [0.4, 0.5) is 10.2 Å². The van der Waals surface area contributed by atoms with Gasteiger partial charge in [-0.05, 0) is 42.3 Å². The molecule has 0 amide bonds. The van der Waals surface area contributed by atoms with Gasteiger partial charge in [0.2, 0.25) is 0 Å². The van der Waals surface area contributed by atoms with Crippen LogP contribution in [0.2, 0.25) is 0 Å². The van der Waals surface area contributed by atoms with Crippen molar-refractivity contribution in [1.29, 1.82) is 0 Å². The van der Waals surface area contributed by atoms with Gasteiger partial charge < -0.3 is 20.1 Å². The third-order valence-corrected chi connectivity index (χ3v) is 5.51. The zero-order valence-electron chi connectivity index (χ0n) is 19.0. The van der Waals surface area contributed by atoms with Gasteiger partial charge in [0.15, 0.2) is 5.16 Å². The molecule has 8 nitrogen and oxygen atoms in total. The van der Waals surface area contributed by atoms with Gasteiger partial charge in [-0.15, -0.1) is 0 Å². The van der Waals surface area contributed by atoms with Crippen LogP contribution in [0.3, 0.4) is 0 Å². The number of carboxylic acid groups (broad SMARTS) is 1. The van der Waals surface area contributed by atoms with E-state index in [1.165, 1.54) is 23.9 Å². The molecule has 0 radical (unpaired) electrons. The number of H-pyrrole nitrogens is 1. The first-order chi connectivity index (χ1) is 16.3. The van der Waals surface area contributed by atoms with E-state index in [0.29, 0.717) is 22.5 Å². The second-order valence-electron chi connectivity index (χ2n) is 7.94. The zero-order chi connectivity index (χ0) is 24.5. The molecule has 0 atom stereocenters. The van der Waals surface area contributed by atoms with E-state index < -0.39 is 11.9 Å². The van der Waals surface area contributed by atoms with Gasteiger partial charge in [0.1, 0.15) is 18.2 Å². The number of aromatic nitrogens is 3. The number of imidazole rings is 1. The van der Waals surface area contributed by atoms with Crippen LogP contribution < -0.4 is 5.32 Å². The van der Waals surface area contributed by atoms with Crippen LogP contribution >= 0.6 is 11.8 Å². The molecule has 0 aliphatic carbocycles. The maximum absolute atomic E-state index is 13.5. The SMILES string of the molecule is CC(C)CNc1cc(-c2nc(SCCOC(=O)CCC(=O)O)[nH]c2-c2ccc(F)cc2)ccn1. The number of nitrogens with one attached hydrogen (secondary N) is 2. The molecule has 34 heavy (non-hydrogen) atoms. The van der Waals surface area contributed by atoms with E-state index in [0.717, 1.165) is 29.2 Å². The van der Waals surface area contributed by atoms with Crippen LogP contribution in [-0.4, -0.2) is 50.9 Å². The Balaban J connectivity index is 1.76. The second kappa shape index (κ2) is 12.2. The van der Waals surface area contributed by atoms with Gasteiger partial charge in [0, 0.05) is 29.6 Å². The monoisotopic (exact) mass is 486 g/mol. The summed E-state index contributed by atoms with van der Waals surface area (Å²) in [4.78, 5) is 34.5. The molecule has 2 aromatic heterocycles. The highest BCUT2D eigenvalue weighted by molar-refractivity contribution is 7.99. The number of carbonyl (C=O) groups is 2. The van der Waals surface area contributed by atoms with Gasteiger partial charge in [0.05, 0.1) is 24.2 Å². The summed E-state index contributed by atoms with van der Waals surface area (Å²) >= 11 is 1.37. The van der Waals surface area contributed by atoms with Crippen molar-refractivity contribution < 1.29 is 23.8 Å². The number of benzene rings is 1. The Bertz CT molecular complexity index is 1120. The zero-order valence-corrected chi connectivity index (χ0v) is 19.8. The smallest absolute Gasteiger partial charge is 0.306 e. The van der Waals surface area contributed by atoms with Crippen LogP contribution in [0.15, 0.2) is 47.8 Å². The molecule has 0 aliphatic rings. The van der Waals surface area contributed by atoms with Gasteiger partial charge in [0.25, 0.3) is 0 Å². The summed E-state index contributed by atoms with van der Waals surface area (Å²) in [5.74, 6) is -0.275. The van der Waals surface area contributed by atoms with Crippen LogP contribution in [0, 0.1) is 11.7 Å². The molecule has 3 N–H and O–H groups in total. The van der Waals surface area contributed by atoms with E-state index in [-0.39, 0.29) is 25.3 Å². The molecule has 0 aliphatic heterocycles. The van der Waals surface area contributed by atoms with Crippen LogP contribution in [-0.2, 0) is 14.3 Å². The Hall–Kier alpha value is -3.40. The molecule has 0 saturated heterocycles. The van der Waals surface area contributed by atoms with E-state index in [1.807, 2.05) is 12.1 Å². The van der Waals surface area contributed by atoms with Gasteiger partial charge in [-0.1, -0.05) is 25.6 Å². The third kappa shape index (κ3) is 7.58. The molecule has 1 aromatic carbocycles. The lowest BCUT2D eigenvalue weighted by atomic mass is 10.1. The minimum atomic E-state index is -1.04. The Morgan fingerprint density at radius 3 is 2.65 bits per heavy atom. The van der Waals surface area contributed by atoms with Crippen molar-refractivity contribution in [3.63, 3.8) is 0 Å². The molecule has 10 heteroatoms. The largest absolute Gasteiger partial charge is 0.481 e. The number of hydrogen-bond acceptors (Lipinski definition) is 7. The van der Waals surface area contributed by atoms with E-state index >= 15 is 0 Å². The summed E-state index contributed by atoms with van der Waals surface area (Å²) in [6.07, 6.45) is 1.30. The number of aliphatic carboxylic acids is 1. The van der Waals surface area contributed by atoms with Crippen LogP contribution in [0.5, 0.6) is 0 Å². The van der Waals surface area contributed by atoms with E-state index in [9.17, 15) is 14.0 Å². The lowest BCUT2D eigenvalue weighted by Gasteiger charge is -2.09. The number of hydrogen-bond donors (Lipinski definition) is 3. The predicted octanol–water partition coefficient (Wildman–Crippen LogP) is 4.85. The summed E-state index contributed by atoms with van der Waals surface area (Å²) in [5, 5.41) is 12.6. The quantitative estimate of drug-likeness (QED) is 0.189. The molecule has 0 saturated carbocycles. The number of pyridine rings is 1. The summed E-state index contributed by atoms with van der Waals surface area (Å²) in [6.45, 7) is 5.14. The highest BCUT2D eigenvalue weighted by Crippen LogP contribution is 2.33. The summed E-state index contributed by atoms with van der Waals surface area (Å²) in [6, 6.07) is 9.94. The van der Waals surface area contributed by atoms with Crippen molar-refractivity contribution in [1.82, 2.24) is 15.0 Å². The number of esters is 1. The maximum Gasteiger partial charge on any atom is 0.306 e. The van der Waals surface area contributed by atoms with E-state index in [4.69, 9.17) is 14.8 Å². The summed E-state index contributed by atoms with van der Waals surface area (Å²) < 4.78 is 18.6. The predicted molar refractivity (Wildman–Crippen MR) is 129 cm³/mol. The summed E-state index contributed by atoms with van der Waals surface area (Å²) in [5.41, 5.74) is 3.07. The number of aromatic amines is 1. The first-order valence-corrected chi connectivity index (χ1v) is 11.9. The maximum atomic E-state index is 13.5. The van der Waals surface area contributed by atoms with E-state index in [1.54, 1.807) is 18.3 Å². The third-order valence-electron chi connectivity index (χ3n) is 4.67. The van der Waals surface area contributed by atoms with Crippen molar-refractivity contribution in [3.8, 4) is 22.5 Å². The number of carbonyl (C=O) groups excluding carboxylic acids is 1. The van der Waals surface area contributed by atoms with Crippen LogP contribution in [0.1, 0.15) is 26.7 Å². The van der Waals surface area contributed by atoms with Crippen molar-refractivity contribution >= 4 is 29.5 Å². The molecule has 180 valence electrons. The fourth-order valence-corrected chi connectivity index (χ4v) is 3.70.